The van der Waals surface area contributed by atoms with E-state index in [4.69, 9.17) is 15.2 Å². The van der Waals surface area contributed by atoms with Crippen molar-refractivity contribution in [2.24, 2.45) is 5.73 Å². The second-order valence-corrected chi connectivity index (χ2v) is 7.71. The lowest BCUT2D eigenvalue weighted by molar-refractivity contribution is -0.132. The van der Waals surface area contributed by atoms with Crippen molar-refractivity contribution in [2.75, 3.05) is 26.2 Å². The summed E-state index contributed by atoms with van der Waals surface area (Å²) in [6.07, 6.45) is 0.884. The number of nitrogens with one attached hydrogen (secondary N) is 1. The number of hydrogen-bond acceptors (Lipinski definition) is 5. The molecule has 0 unspecified atom stereocenters. The van der Waals surface area contributed by atoms with Crippen LogP contribution in [-0.2, 0) is 11.3 Å². The quantitative estimate of drug-likeness (QED) is 0.329. The Morgan fingerprint density at radius 1 is 0.882 bits per heavy atom. The van der Waals surface area contributed by atoms with Crippen molar-refractivity contribution in [1.29, 1.82) is 0 Å². The summed E-state index contributed by atoms with van der Waals surface area (Å²) in [5.74, 6) is 0.715. The van der Waals surface area contributed by atoms with E-state index in [1.165, 1.54) is 0 Å². The van der Waals surface area contributed by atoms with E-state index in [2.05, 4.69) is 5.32 Å². The van der Waals surface area contributed by atoms with Gasteiger partial charge in [0.2, 0.25) is 0 Å². The average molecular weight is 462 g/mol. The van der Waals surface area contributed by atoms with Gasteiger partial charge in [-0.15, -0.1) is 0 Å². The maximum Gasteiger partial charge on any atom is 0.325 e. The lowest BCUT2D eigenvalue weighted by Gasteiger charge is -2.23. The minimum Gasteiger partial charge on any atom is -0.492 e. The molecule has 3 N–H and O–H groups in total. The minimum absolute atomic E-state index is 0.0924. The highest BCUT2D eigenvalue weighted by molar-refractivity contribution is 5.75. The number of nitrogens with two attached hydrogens (primary N) is 1. The average Bonchev–Trinajstić information content (AvgIpc) is 2.88. The largest absolute Gasteiger partial charge is 0.492 e. The van der Waals surface area contributed by atoms with Crippen molar-refractivity contribution in [2.45, 2.75) is 19.9 Å². The molecule has 34 heavy (non-hydrogen) atoms. The number of nitrogens with zero attached hydrogens (tertiary/aromatic N) is 1. The van der Waals surface area contributed by atoms with Crippen molar-refractivity contribution in [3.8, 4) is 22.6 Å². The molecule has 0 aliphatic rings. The highest BCUT2D eigenvalue weighted by Gasteiger charge is 2.13. The molecule has 0 atom stereocenters. The number of hydrogen-bond donors (Lipinski definition) is 2. The van der Waals surface area contributed by atoms with Crippen LogP contribution in [-0.4, -0.2) is 43.1 Å². The summed E-state index contributed by atoms with van der Waals surface area (Å²) < 4.78 is 11.0. The van der Waals surface area contributed by atoms with Crippen LogP contribution in [0, 0.1) is 0 Å². The minimum atomic E-state index is -0.473. The fourth-order valence-corrected chi connectivity index (χ4v) is 3.31. The molecule has 0 aliphatic carbocycles. The number of ether oxygens (including phenoxy) is 2. The fourth-order valence-electron chi connectivity index (χ4n) is 3.31. The fraction of sp³-hybridized carbons (Fsp3) is 0.259. The van der Waals surface area contributed by atoms with Crippen molar-refractivity contribution in [3.05, 3.63) is 84.4 Å². The van der Waals surface area contributed by atoms with Crippen LogP contribution in [0.2, 0.25) is 0 Å². The number of amides is 2. The highest BCUT2D eigenvalue weighted by Crippen LogP contribution is 2.24. The van der Waals surface area contributed by atoms with Crippen molar-refractivity contribution in [3.63, 3.8) is 0 Å². The summed E-state index contributed by atoms with van der Waals surface area (Å²) in [6, 6.07) is 24.8. The predicted molar refractivity (Wildman–Crippen MR) is 133 cm³/mol. The molecule has 3 rings (SSSR count). The smallest absolute Gasteiger partial charge is 0.325 e. The van der Waals surface area contributed by atoms with Gasteiger partial charge in [0.25, 0.3) is 0 Å². The van der Waals surface area contributed by atoms with Gasteiger partial charge in [-0.2, -0.15) is 0 Å². The van der Waals surface area contributed by atoms with Gasteiger partial charge in [0, 0.05) is 13.1 Å². The first-order valence-electron chi connectivity index (χ1n) is 11.4. The Labute approximate surface area is 200 Å². The summed E-state index contributed by atoms with van der Waals surface area (Å²) in [6.45, 7) is 3.89. The van der Waals surface area contributed by atoms with Gasteiger partial charge in [-0.05, 0) is 47.4 Å². The zero-order chi connectivity index (χ0) is 24.2. The number of carbonyl (C=O) groups is 2. The number of esters is 1. The normalized spacial score (nSPS) is 10.4. The zero-order valence-corrected chi connectivity index (χ0v) is 19.4. The summed E-state index contributed by atoms with van der Waals surface area (Å²) in [5.41, 5.74) is 8.33. The first kappa shape index (κ1) is 24.8. The standard InChI is InChI=1S/C27H31N3O4/c1-2-16-29-27(32)30(20-21-6-4-3-5-7-21)17-18-33-24-12-8-22(9-13-24)23-10-14-25(15-11-23)34-26(31)19-28/h3-15H,2,16-20,28H2,1H3,(H,29,32). The number of benzene rings is 3. The summed E-state index contributed by atoms with van der Waals surface area (Å²) in [4.78, 5) is 25.6. The molecule has 178 valence electrons. The molecule has 0 bridgehead atoms. The Balaban J connectivity index is 1.55. The molecule has 7 nitrogen and oxygen atoms in total. The van der Waals surface area contributed by atoms with Gasteiger partial charge in [0.1, 0.15) is 18.1 Å². The molecule has 0 saturated heterocycles. The molecule has 0 saturated carbocycles. The first-order valence-corrected chi connectivity index (χ1v) is 11.4. The Kier molecular flexibility index (Phi) is 9.49. The number of urea groups is 1. The molecular formula is C27H31N3O4. The predicted octanol–water partition coefficient (Wildman–Crippen LogP) is 4.22. The van der Waals surface area contributed by atoms with Gasteiger partial charge in [0.05, 0.1) is 13.1 Å². The lowest BCUT2D eigenvalue weighted by Crippen LogP contribution is -2.41. The molecule has 0 aromatic heterocycles. The van der Waals surface area contributed by atoms with Gasteiger partial charge >= 0.3 is 12.0 Å². The van der Waals surface area contributed by atoms with Crippen LogP contribution >= 0.6 is 0 Å². The van der Waals surface area contributed by atoms with E-state index < -0.39 is 5.97 Å². The monoisotopic (exact) mass is 461 g/mol. The summed E-state index contributed by atoms with van der Waals surface area (Å²) in [7, 11) is 0. The van der Waals surface area contributed by atoms with Gasteiger partial charge < -0.3 is 25.4 Å². The highest BCUT2D eigenvalue weighted by atomic mass is 16.5. The Hall–Kier alpha value is -3.84. The molecule has 3 aromatic rings. The Morgan fingerprint density at radius 3 is 2.09 bits per heavy atom. The molecule has 0 radical (unpaired) electrons. The van der Waals surface area contributed by atoms with Crippen LogP contribution in [0.25, 0.3) is 11.1 Å². The van der Waals surface area contributed by atoms with Crippen LogP contribution in [0.1, 0.15) is 18.9 Å². The van der Waals surface area contributed by atoms with Crippen LogP contribution in [0.3, 0.4) is 0 Å². The van der Waals surface area contributed by atoms with Crippen LogP contribution < -0.4 is 20.5 Å². The van der Waals surface area contributed by atoms with Gasteiger partial charge in [-0.25, -0.2) is 4.79 Å². The molecular weight excluding hydrogens is 430 g/mol. The summed E-state index contributed by atoms with van der Waals surface area (Å²) >= 11 is 0. The van der Waals surface area contributed by atoms with Gasteiger partial charge in [0.15, 0.2) is 0 Å². The zero-order valence-electron chi connectivity index (χ0n) is 19.4. The number of carbonyl (C=O) groups excluding carboxylic acids is 2. The molecule has 0 spiro atoms. The van der Waals surface area contributed by atoms with Crippen LogP contribution in [0.15, 0.2) is 78.9 Å². The SMILES string of the molecule is CCCNC(=O)N(CCOc1ccc(-c2ccc(OC(=O)CN)cc2)cc1)Cc1ccccc1. The van der Waals surface area contributed by atoms with Crippen molar-refractivity contribution < 1.29 is 19.1 Å². The maximum atomic E-state index is 12.6. The second kappa shape index (κ2) is 13.0. The lowest BCUT2D eigenvalue weighted by atomic mass is 10.1. The van der Waals surface area contributed by atoms with E-state index in [0.717, 1.165) is 28.9 Å². The topological polar surface area (TPSA) is 93.9 Å². The van der Waals surface area contributed by atoms with Crippen LogP contribution in [0.4, 0.5) is 4.79 Å². The van der Waals surface area contributed by atoms with E-state index in [1.54, 1.807) is 17.0 Å². The van der Waals surface area contributed by atoms with E-state index in [-0.39, 0.29) is 12.6 Å². The van der Waals surface area contributed by atoms with E-state index in [9.17, 15) is 9.59 Å². The molecule has 2 amide bonds. The van der Waals surface area contributed by atoms with Crippen molar-refractivity contribution >= 4 is 12.0 Å². The van der Waals surface area contributed by atoms with E-state index >= 15 is 0 Å². The van der Waals surface area contributed by atoms with Gasteiger partial charge in [-0.1, -0.05) is 61.5 Å². The molecule has 7 heteroatoms. The Bertz CT molecular complexity index is 1040. The molecule has 0 heterocycles. The third-order valence-electron chi connectivity index (χ3n) is 5.10. The third-order valence-corrected chi connectivity index (χ3v) is 5.10. The molecule has 0 fully saturated rings. The maximum absolute atomic E-state index is 12.6. The van der Waals surface area contributed by atoms with Gasteiger partial charge in [-0.3, -0.25) is 4.79 Å². The van der Waals surface area contributed by atoms with E-state index in [1.807, 2.05) is 73.7 Å². The summed E-state index contributed by atoms with van der Waals surface area (Å²) in [5, 5.41) is 2.94. The second-order valence-electron chi connectivity index (χ2n) is 7.71. The first-order chi connectivity index (χ1) is 16.6. The van der Waals surface area contributed by atoms with E-state index in [0.29, 0.717) is 32.0 Å². The van der Waals surface area contributed by atoms with Crippen LogP contribution in [0.5, 0.6) is 11.5 Å². The Morgan fingerprint density at radius 2 is 1.50 bits per heavy atom. The van der Waals surface area contributed by atoms with Crippen molar-refractivity contribution in [1.82, 2.24) is 10.2 Å². The third kappa shape index (κ3) is 7.64. The molecule has 0 aliphatic heterocycles. The number of rotatable bonds is 11. The molecule has 3 aromatic carbocycles.